The molecule has 2 aliphatic rings. The number of nitrogens with one attached hydrogen (secondary N) is 1. The third-order valence-electron chi connectivity index (χ3n) is 5.93. The van der Waals surface area contributed by atoms with Crippen LogP contribution in [-0.2, 0) is 18.3 Å². The highest BCUT2D eigenvalue weighted by molar-refractivity contribution is 5.55. The van der Waals surface area contributed by atoms with E-state index >= 15 is 0 Å². The average Bonchev–Trinajstić information content (AvgIpc) is 3.31. The van der Waals surface area contributed by atoms with Crippen molar-refractivity contribution in [1.29, 1.82) is 5.26 Å². The molecule has 30 heavy (non-hydrogen) atoms. The summed E-state index contributed by atoms with van der Waals surface area (Å²) in [5, 5.41) is 26.2. The second-order valence-electron chi connectivity index (χ2n) is 9.34. The monoisotopic (exact) mass is 402 g/mol. The molecule has 0 saturated carbocycles. The fourth-order valence-electron chi connectivity index (χ4n) is 4.23. The molecule has 154 valence electrons. The highest BCUT2D eigenvalue weighted by Crippen LogP contribution is 2.27. The minimum atomic E-state index is -0.117. The Morgan fingerprint density at radius 3 is 2.80 bits per heavy atom. The first kappa shape index (κ1) is 18.8. The van der Waals surface area contributed by atoms with Crippen LogP contribution in [0.5, 0.6) is 0 Å². The van der Waals surface area contributed by atoms with Crippen molar-refractivity contribution in [2.75, 3.05) is 29.9 Å². The lowest BCUT2D eigenvalue weighted by Gasteiger charge is -2.40. The van der Waals surface area contributed by atoms with Crippen molar-refractivity contribution in [2.24, 2.45) is 5.92 Å². The summed E-state index contributed by atoms with van der Waals surface area (Å²) in [5.41, 5.74) is 3.69. The van der Waals surface area contributed by atoms with Crippen molar-refractivity contribution in [1.82, 2.24) is 24.8 Å². The SMILES string of the molecule is CC(C)(C)c1nnc2ccc(N3CC(CNc4nc5c(cc4C#N)CCC5)C3)nn12. The Labute approximate surface area is 175 Å². The van der Waals surface area contributed by atoms with Gasteiger partial charge in [0.05, 0.1) is 5.56 Å². The molecule has 0 unspecified atom stereocenters. The van der Waals surface area contributed by atoms with Crippen LogP contribution in [0.3, 0.4) is 0 Å². The quantitative estimate of drug-likeness (QED) is 0.717. The third-order valence-corrected chi connectivity index (χ3v) is 5.93. The van der Waals surface area contributed by atoms with Gasteiger partial charge in [-0.15, -0.1) is 15.3 Å². The van der Waals surface area contributed by atoms with Gasteiger partial charge in [-0.3, -0.25) is 0 Å². The molecule has 8 nitrogen and oxygen atoms in total. The van der Waals surface area contributed by atoms with Crippen LogP contribution in [0.25, 0.3) is 5.65 Å². The molecule has 1 aliphatic carbocycles. The van der Waals surface area contributed by atoms with Crippen LogP contribution in [0.1, 0.15) is 49.8 Å². The summed E-state index contributed by atoms with van der Waals surface area (Å²) in [6.07, 6.45) is 3.19. The van der Waals surface area contributed by atoms with Crippen LogP contribution < -0.4 is 10.2 Å². The zero-order valence-corrected chi connectivity index (χ0v) is 17.7. The Kier molecular flexibility index (Phi) is 4.35. The van der Waals surface area contributed by atoms with Crippen LogP contribution >= 0.6 is 0 Å². The molecule has 1 N–H and O–H groups in total. The minimum Gasteiger partial charge on any atom is -0.369 e. The van der Waals surface area contributed by atoms with E-state index in [0.29, 0.717) is 11.5 Å². The van der Waals surface area contributed by atoms with E-state index in [1.807, 2.05) is 22.7 Å². The number of anilines is 2. The average molecular weight is 403 g/mol. The van der Waals surface area contributed by atoms with E-state index in [4.69, 9.17) is 10.1 Å². The van der Waals surface area contributed by atoms with Crippen LogP contribution in [-0.4, -0.2) is 44.4 Å². The lowest BCUT2D eigenvalue weighted by Crippen LogP contribution is -2.50. The van der Waals surface area contributed by atoms with Crippen molar-refractivity contribution in [2.45, 2.75) is 45.4 Å². The second-order valence-corrected chi connectivity index (χ2v) is 9.34. The van der Waals surface area contributed by atoms with Crippen LogP contribution in [0.15, 0.2) is 18.2 Å². The summed E-state index contributed by atoms with van der Waals surface area (Å²) < 4.78 is 1.86. The lowest BCUT2D eigenvalue weighted by atomic mass is 9.96. The first-order valence-electron chi connectivity index (χ1n) is 10.6. The molecule has 8 heteroatoms. The summed E-state index contributed by atoms with van der Waals surface area (Å²) in [7, 11) is 0. The van der Waals surface area contributed by atoms with Gasteiger partial charge in [0.25, 0.3) is 0 Å². The molecule has 1 saturated heterocycles. The number of nitriles is 1. The summed E-state index contributed by atoms with van der Waals surface area (Å²) in [5.74, 6) is 3.03. The minimum absolute atomic E-state index is 0.117. The van der Waals surface area contributed by atoms with E-state index in [1.54, 1.807) is 0 Å². The molecule has 3 aromatic rings. The fraction of sp³-hybridized carbons (Fsp3) is 0.500. The van der Waals surface area contributed by atoms with Gasteiger partial charge in [0.1, 0.15) is 17.7 Å². The molecule has 0 atom stereocenters. The molecule has 0 spiro atoms. The van der Waals surface area contributed by atoms with Crippen LogP contribution in [0.2, 0.25) is 0 Å². The summed E-state index contributed by atoms with van der Waals surface area (Å²) in [6, 6.07) is 8.29. The smallest absolute Gasteiger partial charge is 0.178 e. The number of aryl methyl sites for hydroxylation is 2. The predicted molar refractivity (Wildman–Crippen MR) is 115 cm³/mol. The van der Waals surface area contributed by atoms with Gasteiger partial charge >= 0.3 is 0 Å². The first-order chi connectivity index (χ1) is 14.4. The van der Waals surface area contributed by atoms with Crippen molar-refractivity contribution in [3.63, 3.8) is 0 Å². The molecule has 0 radical (unpaired) electrons. The Morgan fingerprint density at radius 1 is 1.20 bits per heavy atom. The zero-order chi connectivity index (χ0) is 20.9. The second kappa shape index (κ2) is 6.94. The lowest BCUT2D eigenvalue weighted by molar-refractivity contribution is 0.423. The standard InChI is InChI=1S/C22H26N8/c1-22(2,3)21-27-26-18-7-8-19(28-30(18)21)29-12-14(13-29)11-24-20-16(10-23)9-15-5-4-6-17(15)25-20/h7-9,14H,4-6,11-13H2,1-3H3,(H,24,25). The van der Waals surface area contributed by atoms with Gasteiger partial charge in [0, 0.05) is 36.7 Å². The summed E-state index contributed by atoms with van der Waals surface area (Å²) in [6.45, 7) is 9.00. The number of pyridine rings is 1. The summed E-state index contributed by atoms with van der Waals surface area (Å²) in [4.78, 5) is 6.98. The Hall–Kier alpha value is -3.21. The van der Waals surface area contributed by atoms with Crippen molar-refractivity contribution < 1.29 is 0 Å². The highest BCUT2D eigenvalue weighted by atomic mass is 15.4. The number of fused-ring (bicyclic) bond motifs is 2. The number of rotatable bonds is 4. The molecule has 3 aromatic heterocycles. The van der Waals surface area contributed by atoms with E-state index in [2.05, 4.69) is 47.3 Å². The highest BCUT2D eigenvalue weighted by Gasteiger charge is 2.29. The predicted octanol–water partition coefficient (Wildman–Crippen LogP) is 2.73. The maximum atomic E-state index is 9.47. The third kappa shape index (κ3) is 3.24. The van der Waals surface area contributed by atoms with E-state index in [0.717, 1.165) is 67.7 Å². The first-order valence-corrected chi connectivity index (χ1v) is 10.6. The van der Waals surface area contributed by atoms with E-state index < -0.39 is 0 Å². The summed E-state index contributed by atoms with van der Waals surface area (Å²) >= 11 is 0. The van der Waals surface area contributed by atoms with Gasteiger partial charge in [0.2, 0.25) is 0 Å². The number of hydrogen-bond donors (Lipinski definition) is 1. The van der Waals surface area contributed by atoms with E-state index in [1.165, 1.54) is 5.56 Å². The molecular weight excluding hydrogens is 376 g/mol. The molecule has 4 heterocycles. The number of aromatic nitrogens is 5. The Bertz CT molecular complexity index is 1140. The van der Waals surface area contributed by atoms with Gasteiger partial charge < -0.3 is 10.2 Å². The Morgan fingerprint density at radius 2 is 2.03 bits per heavy atom. The Balaban J connectivity index is 1.25. The molecule has 1 fully saturated rings. The van der Waals surface area contributed by atoms with Crippen molar-refractivity contribution in [3.8, 4) is 6.07 Å². The van der Waals surface area contributed by atoms with Crippen LogP contribution in [0.4, 0.5) is 11.6 Å². The van der Waals surface area contributed by atoms with Crippen LogP contribution in [0, 0.1) is 17.2 Å². The molecule has 5 rings (SSSR count). The van der Waals surface area contributed by atoms with Crippen molar-refractivity contribution in [3.05, 3.63) is 40.8 Å². The van der Waals surface area contributed by atoms with Crippen molar-refractivity contribution >= 4 is 17.3 Å². The maximum absolute atomic E-state index is 9.47. The zero-order valence-electron chi connectivity index (χ0n) is 17.7. The molecular formula is C22H26N8. The maximum Gasteiger partial charge on any atom is 0.178 e. The molecule has 0 amide bonds. The van der Waals surface area contributed by atoms with Gasteiger partial charge in [0.15, 0.2) is 11.5 Å². The van der Waals surface area contributed by atoms with Gasteiger partial charge in [-0.2, -0.15) is 9.78 Å². The van der Waals surface area contributed by atoms with Gasteiger partial charge in [-0.1, -0.05) is 20.8 Å². The number of hydrogen-bond acceptors (Lipinski definition) is 7. The van der Waals surface area contributed by atoms with Gasteiger partial charge in [-0.05, 0) is 43.0 Å². The van der Waals surface area contributed by atoms with E-state index in [-0.39, 0.29) is 5.41 Å². The number of nitrogens with zero attached hydrogens (tertiary/aromatic N) is 7. The largest absolute Gasteiger partial charge is 0.369 e. The normalized spacial score (nSPS) is 16.4. The van der Waals surface area contributed by atoms with Gasteiger partial charge in [-0.25, -0.2) is 4.98 Å². The molecule has 0 aromatic carbocycles. The molecule has 0 bridgehead atoms. The molecule has 1 aliphatic heterocycles. The topological polar surface area (TPSA) is 95.0 Å². The fourth-order valence-corrected chi connectivity index (χ4v) is 4.23. The van der Waals surface area contributed by atoms with E-state index in [9.17, 15) is 5.26 Å².